The molecule has 1 atom stereocenters. The van der Waals surface area contributed by atoms with Crippen LogP contribution >= 0.6 is 0 Å². The van der Waals surface area contributed by atoms with Gasteiger partial charge in [0.2, 0.25) is 0 Å². The molecule has 0 amide bonds. The van der Waals surface area contributed by atoms with Crippen molar-refractivity contribution in [2.45, 2.75) is 38.8 Å². The van der Waals surface area contributed by atoms with Gasteiger partial charge in [-0.2, -0.15) is 0 Å². The summed E-state index contributed by atoms with van der Waals surface area (Å²) in [5.41, 5.74) is 3.90. The van der Waals surface area contributed by atoms with Gasteiger partial charge in [0.15, 0.2) is 0 Å². The summed E-state index contributed by atoms with van der Waals surface area (Å²) in [6, 6.07) is 5.94. The van der Waals surface area contributed by atoms with Crippen LogP contribution in [0.5, 0.6) is 0 Å². The molecule has 0 saturated carbocycles. The molecule has 2 heterocycles. The standard InChI is InChI=1S/C18H21N3O2/c1-14-11-15(5-4-9-22)7-8-17(14)18-13-21(20-19-18)12-16-6-2-3-10-23-16/h7-8,11,13,16,22H,2-3,6,9-10,12H2,1H3. The Balaban J connectivity index is 1.74. The second kappa shape index (κ2) is 7.40. The number of aliphatic hydroxyl groups excluding tert-OH is 1. The lowest BCUT2D eigenvalue weighted by atomic mass is 10.0. The molecule has 0 spiro atoms. The zero-order valence-electron chi connectivity index (χ0n) is 13.3. The van der Waals surface area contributed by atoms with E-state index in [2.05, 4.69) is 22.2 Å². The first-order valence-electron chi connectivity index (χ1n) is 7.99. The average Bonchev–Trinajstić information content (AvgIpc) is 3.02. The molecule has 5 heteroatoms. The maximum Gasteiger partial charge on any atom is 0.113 e. The minimum absolute atomic E-state index is 0.127. The maximum atomic E-state index is 8.76. The fourth-order valence-electron chi connectivity index (χ4n) is 2.84. The van der Waals surface area contributed by atoms with Gasteiger partial charge < -0.3 is 9.84 Å². The normalized spacial score (nSPS) is 17.6. The Labute approximate surface area is 136 Å². The van der Waals surface area contributed by atoms with Crippen molar-refractivity contribution in [2.75, 3.05) is 13.2 Å². The van der Waals surface area contributed by atoms with Crippen LogP contribution in [-0.4, -0.2) is 39.4 Å². The molecular formula is C18H21N3O2. The van der Waals surface area contributed by atoms with Crippen LogP contribution in [0.25, 0.3) is 11.3 Å². The second-order valence-electron chi connectivity index (χ2n) is 5.80. The molecule has 2 aromatic rings. The highest BCUT2D eigenvalue weighted by Gasteiger charge is 2.16. The van der Waals surface area contributed by atoms with Gasteiger partial charge in [0.25, 0.3) is 0 Å². The molecule has 0 bridgehead atoms. The molecule has 1 fully saturated rings. The monoisotopic (exact) mass is 311 g/mol. The lowest BCUT2D eigenvalue weighted by molar-refractivity contribution is 0.00370. The number of ether oxygens (including phenoxy) is 1. The quantitative estimate of drug-likeness (QED) is 0.883. The SMILES string of the molecule is Cc1cc(C#CCO)ccc1-c1cn(CC2CCCCO2)nn1. The minimum Gasteiger partial charge on any atom is -0.384 e. The van der Waals surface area contributed by atoms with Crippen LogP contribution in [0.4, 0.5) is 0 Å². The van der Waals surface area contributed by atoms with Crippen molar-refractivity contribution in [3.8, 4) is 23.1 Å². The summed E-state index contributed by atoms with van der Waals surface area (Å²) < 4.78 is 7.61. The maximum absolute atomic E-state index is 8.76. The van der Waals surface area contributed by atoms with Crippen molar-refractivity contribution in [2.24, 2.45) is 0 Å². The molecule has 23 heavy (non-hydrogen) atoms. The van der Waals surface area contributed by atoms with Crippen LogP contribution in [0.3, 0.4) is 0 Å². The fraction of sp³-hybridized carbons (Fsp3) is 0.444. The molecule has 1 aromatic carbocycles. The van der Waals surface area contributed by atoms with E-state index >= 15 is 0 Å². The van der Waals surface area contributed by atoms with Crippen molar-refractivity contribution in [3.63, 3.8) is 0 Å². The molecular weight excluding hydrogens is 290 g/mol. The molecule has 1 saturated heterocycles. The van der Waals surface area contributed by atoms with Gasteiger partial charge in [0.05, 0.1) is 18.8 Å². The topological polar surface area (TPSA) is 60.2 Å². The fourth-order valence-corrected chi connectivity index (χ4v) is 2.84. The van der Waals surface area contributed by atoms with Crippen molar-refractivity contribution in [1.82, 2.24) is 15.0 Å². The number of nitrogens with zero attached hydrogens (tertiary/aromatic N) is 3. The minimum atomic E-state index is -0.127. The van der Waals surface area contributed by atoms with Gasteiger partial charge in [-0.05, 0) is 43.9 Å². The van der Waals surface area contributed by atoms with Crippen LogP contribution in [0, 0.1) is 18.8 Å². The van der Waals surface area contributed by atoms with E-state index < -0.39 is 0 Å². The van der Waals surface area contributed by atoms with Crippen LogP contribution in [0.1, 0.15) is 30.4 Å². The molecule has 1 aromatic heterocycles. The van der Waals surface area contributed by atoms with Gasteiger partial charge in [0.1, 0.15) is 12.3 Å². The highest BCUT2D eigenvalue weighted by atomic mass is 16.5. The van der Waals surface area contributed by atoms with E-state index in [4.69, 9.17) is 9.84 Å². The van der Waals surface area contributed by atoms with Crippen molar-refractivity contribution in [1.29, 1.82) is 0 Å². The second-order valence-corrected chi connectivity index (χ2v) is 5.80. The van der Waals surface area contributed by atoms with Crippen molar-refractivity contribution in [3.05, 3.63) is 35.5 Å². The zero-order chi connectivity index (χ0) is 16.1. The Morgan fingerprint density at radius 3 is 3.04 bits per heavy atom. The number of rotatable bonds is 3. The summed E-state index contributed by atoms with van der Waals surface area (Å²) in [4.78, 5) is 0. The van der Waals surface area contributed by atoms with Gasteiger partial charge in [0, 0.05) is 17.7 Å². The largest absolute Gasteiger partial charge is 0.384 e. The average molecular weight is 311 g/mol. The van der Waals surface area contributed by atoms with Crippen molar-refractivity contribution < 1.29 is 9.84 Å². The number of hydrogen-bond acceptors (Lipinski definition) is 4. The summed E-state index contributed by atoms with van der Waals surface area (Å²) in [6.45, 7) is 3.51. The zero-order valence-corrected chi connectivity index (χ0v) is 13.3. The van der Waals surface area contributed by atoms with E-state index in [-0.39, 0.29) is 12.7 Å². The van der Waals surface area contributed by atoms with Crippen LogP contribution in [0.15, 0.2) is 24.4 Å². The number of hydrogen-bond donors (Lipinski definition) is 1. The van der Waals surface area contributed by atoms with Crippen LogP contribution in [0.2, 0.25) is 0 Å². The Morgan fingerprint density at radius 2 is 2.30 bits per heavy atom. The molecule has 1 aliphatic rings. The molecule has 120 valence electrons. The Kier molecular flexibility index (Phi) is 5.06. The summed E-state index contributed by atoms with van der Waals surface area (Å²) in [5, 5.41) is 17.3. The molecule has 0 radical (unpaired) electrons. The van der Waals surface area contributed by atoms with Gasteiger partial charge in [-0.1, -0.05) is 23.1 Å². The third-order valence-corrected chi connectivity index (χ3v) is 4.02. The third-order valence-electron chi connectivity index (χ3n) is 4.02. The number of benzene rings is 1. The molecule has 1 unspecified atom stereocenters. The Morgan fingerprint density at radius 1 is 1.39 bits per heavy atom. The van der Waals surface area contributed by atoms with Gasteiger partial charge in [-0.15, -0.1) is 5.10 Å². The van der Waals surface area contributed by atoms with E-state index in [1.54, 1.807) is 0 Å². The molecule has 1 aliphatic heterocycles. The molecule has 1 N–H and O–H groups in total. The van der Waals surface area contributed by atoms with Gasteiger partial charge in [-0.25, -0.2) is 4.68 Å². The molecule has 5 nitrogen and oxygen atoms in total. The highest BCUT2D eigenvalue weighted by Crippen LogP contribution is 2.22. The predicted octanol–water partition coefficient (Wildman–Crippen LogP) is 2.17. The first-order chi connectivity index (χ1) is 11.3. The van der Waals surface area contributed by atoms with E-state index in [0.717, 1.165) is 48.4 Å². The number of aromatic nitrogens is 3. The van der Waals surface area contributed by atoms with Gasteiger partial charge in [-0.3, -0.25) is 0 Å². The van der Waals surface area contributed by atoms with E-state index in [1.165, 1.54) is 6.42 Å². The number of aryl methyl sites for hydroxylation is 1. The van der Waals surface area contributed by atoms with Crippen LogP contribution < -0.4 is 0 Å². The van der Waals surface area contributed by atoms with Crippen LogP contribution in [-0.2, 0) is 11.3 Å². The third kappa shape index (κ3) is 3.98. The van der Waals surface area contributed by atoms with E-state index in [9.17, 15) is 0 Å². The molecule has 3 rings (SSSR count). The summed E-state index contributed by atoms with van der Waals surface area (Å²) >= 11 is 0. The van der Waals surface area contributed by atoms with Crippen molar-refractivity contribution >= 4 is 0 Å². The summed E-state index contributed by atoms with van der Waals surface area (Å²) in [7, 11) is 0. The highest BCUT2D eigenvalue weighted by molar-refractivity contribution is 5.64. The summed E-state index contributed by atoms with van der Waals surface area (Å²) in [5.74, 6) is 5.58. The first kappa shape index (κ1) is 15.7. The van der Waals surface area contributed by atoms with Gasteiger partial charge >= 0.3 is 0 Å². The lowest BCUT2D eigenvalue weighted by Crippen LogP contribution is -2.24. The summed E-state index contributed by atoms with van der Waals surface area (Å²) in [6.07, 6.45) is 5.69. The lowest BCUT2D eigenvalue weighted by Gasteiger charge is -2.21. The Bertz CT molecular complexity index is 721. The van der Waals surface area contributed by atoms with E-state index in [0.29, 0.717) is 0 Å². The number of aliphatic hydroxyl groups is 1. The smallest absolute Gasteiger partial charge is 0.113 e. The van der Waals surface area contributed by atoms with E-state index in [1.807, 2.05) is 36.0 Å². The molecule has 0 aliphatic carbocycles. The first-order valence-corrected chi connectivity index (χ1v) is 7.99. The predicted molar refractivity (Wildman–Crippen MR) is 87.7 cm³/mol. The Hall–Kier alpha value is -2.16.